The summed E-state index contributed by atoms with van der Waals surface area (Å²) in [6.07, 6.45) is 3.68. The molecule has 4 aromatic rings. The van der Waals surface area contributed by atoms with Gasteiger partial charge in [0, 0.05) is 18.0 Å². The zero-order chi connectivity index (χ0) is 16.9. The van der Waals surface area contributed by atoms with E-state index in [2.05, 4.69) is 64.6 Å². The molecular formula is C23H18N2. The Kier molecular flexibility index (Phi) is 4.34. The maximum Gasteiger partial charge on any atom is 0.0702 e. The third-order valence-corrected chi connectivity index (χ3v) is 4.30. The van der Waals surface area contributed by atoms with Gasteiger partial charge in [-0.1, -0.05) is 60.7 Å². The van der Waals surface area contributed by atoms with Crippen molar-refractivity contribution in [3.05, 3.63) is 120 Å². The van der Waals surface area contributed by atoms with E-state index < -0.39 is 0 Å². The molecule has 120 valence electrons. The summed E-state index contributed by atoms with van der Waals surface area (Å²) in [4.78, 5) is 9.10. The number of rotatable bonds is 4. The summed E-state index contributed by atoms with van der Waals surface area (Å²) < 4.78 is 0. The first-order valence-electron chi connectivity index (χ1n) is 8.39. The van der Waals surface area contributed by atoms with Crippen LogP contribution in [0.3, 0.4) is 0 Å². The average Bonchev–Trinajstić information content (AvgIpc) is 2.71. The summed E-state index contributed by atoms with van der Waals surface area (Å²) >= 11 is 0. The van der Waals surface area contributed by atoms with Crippen molar-refractivity contribution in [3.63, 3.8) is 0 Å². The third kappa shape index (κ3) is 3.33. The molecule has 0 aliphatic rings. The van der Waals surface area contributed by atoms with Crippen LogP contribution in [0.4, 0.5) is 0 Å². The maximum absolute atomic E-state index is 4.62. The van der Waals surface area contributed by atoms with Crippen LogP contribution in [0.1, 0.15) is 22.7 Å². The van der Waals surface area contributed by atoms with E-state index in [-0.39, 0.29) is 5.92 Å². The number of aromatic nitrogens is 2. The Morgan fingerprint density at radius 3 is 2.00 bits per heavy atom. The molecule has 0 amide bonds. The van der Waals surface area contributed by atoms with Gasteiger partial charge in [0.1, 0.15) is 0 Å². The summed E-state index contributed by atoms with van der Waals surface area (Å²) in [6, 6.07) is 31.2. The second-order valence-corrected chi connectivity index (χ2v) is 5.94. The molecule has 0 aliphatic heterocycles. The zero-order valence-corrected chi connectivity index (χ0v) is 13.8. The molecule has 0 N–H and O–H groups in total. The molecule has 0 bridgehead atoms. The van der Waals surface area contributed by atoms with Crippen LogP contribution in [0.25, 0.3) is 11.3 Å². The summed E-state index contributed by atoms with van der Waals surface area (Å²) in [5.41, 5.74) is 5.60. The van der Waals surface area contributed by atoms with E-state index in [4.69, 9.17) is 0 Å². The Hall–Kier alpha value is -3.26. The predicted octanol–water partition coefficient (Wildman–Crippen LogP) is 5.32. The van der Waals surface area contributed by atoms with Crippen molar-refractivity contribution in [2.24, 2.45) is 0 Å². The Morgan fingerprint density at radius 1 is 0.560 bits per heavy atom. The summed E-state index contributed by atoms with van der Waals surface area (Å²) in [5, 5.41) is 0. The van der Waals surface area contributed by atoms with Crippen molar-refractivity contribution in [1.29, 1.82) is 0 Å². The zero-order valence-electron chi connectivity index (χ0n) is 13.8. The average molecular weight is 322 g/mol. The minimum Gasteiger partial charge on any atom is -0.260 e. The second kappa shape index (κ2) is 7.10. The van der Waals surface area contributed by atoms with Gasteiger partial charge >= 0.3 is 0 Å². The minimum absolute atomic E-state index is 0.103. The first-order valence-corrected chi connectivity index (χ1v) is 8.39. The van der Waals surface area contributed by atoms with Crippen molar-refractivity contribution in [2.45, 2.75) is 5.92 Å². The Labute approximate surface area is 147 Å². The number of hydrogen-bond acceptors (Lipinski definition) is 2. The highest BCUT2D eigenvalue weighted by Gasteiger charge is 2.18. The van der Waals surface area contributed by atoms with Crippen LogP contribution in [-0.2, 0) is 0 Å². The van der Waals surface area contributed by atoms with Gasteiger partial charge in [-0.3, -0.25) is 9.97 Å². The van der Waals surface area contributed by atoms with E-state index in [0.29, 0.717) is 0 Å². The van der Waals surface area contributed by atoms with Gasteiger partial charge in [-0.05, 0) is 41.5 Å². The van der Waals surface area contributed by atoms with E-state index >= 15 is 0 Å². The molecule has 0 radical (unpaired) electrons. The molecule has 0 spiro atoms. The van der Waals surface area contributed by atoms with Gasteiger partial charge in [0.05, 0.1) is 17.3 Å². The number of pyridine rings is 2. The van der Waals surface area contributed by atoms with Gasteiger partial charge in [-0.2, -0.15) is 0 Å². The van der Waals surface area contributed by atoms with Crippen molar-refractivity contribution < 1.29 is 0 Å². The highest BCUT2D eigenvalue weighted by atomic mass is 14.7. The molecule has 2 heteroatoms. The highest BCUT2D eigenvalue weighted by Crippen LogP contribution is 2.32. The van der Waals surface area contributed by atoms with Crippen LogP contribution in [0.5, 0.6) is 0 Å². The van der Waals surface area contributed by atoms with Gasteiger partial charge in [0.25, 0.3) is 0 Å². The van der Waals surface area contributed by atoms with Crippen molar-refractivity contribution in [3.8, 4) is 11.3 Å². The molecule has 2 aromatic carbocycles. The fourth-order valence-corrected chi connectivity index (χ4v) is 3.14. The summed E-state index contributed by atoms with van der Waals surface area (Å²) in [6.45, 7) is 0. The van der Waals surface area contributed by atoms with Crippen molar-refractivity contribution >= 4 is 0 Å². The normalized spacial score (nSPS) is 11.8. The molecule has 2 aromatic heterocycles. The second-order valence-electron chi connectivity index (χ2n) is 5.94. The molecule has 0 aliphatic carbocycles. The van der Waals surface area contributed by atoms with Gasteiger partial charge in [0.15, 0.2) is 0 Å². The van der Waals surface area contributed by atoms with Crippen LogP contribution in [0.15, 0.2) is 103 Å². The minimum atomic E-state index is 0.103. The van der Waals surface area contributed by atoms with Crippen molar-refractivity contribution in [1.82, 2.24) is 9.97 Å². The lowest BCUT2D eigenvalue weighted by Gasteiger charge is -2.18. The number of benzene rings is 2. The molecule has 1 atom stereocenters. The van der Waals surface area contributed by atoms with E-state index in [0.717, 1.165) is 17.0 Å². The van der Waals surface area contributed by atoms with Crippen molar-refractivity contribution in [2.75, 3.05) is 0 Å². The van der Waals surface area contributed by atoms with Crippen LogP contribution in [0, 0.1) is 0 Å². The smallest absolute Gasteiger partial charge is 0.0702 e. The van der Waals surface area contributed by atoms with E-state index in [1.54, 1.807) is 0 Å². The lowest BCUT2D eigenvalue weighted by atomic mass is 9.87. The molecule has 2 heterocycles. The Morgan fingerprint density at radius 2 is 1.28 bits per heavy atom. The van der Waals surface area contributed by atoms with Gasteiger partial charge in [-0.15, -0.1) is 0 Å². The molecule has 0 saturated heterocycles. The predicted molar refractivity (Wildman–Crippen MR) is 101 cm³/mol. The summed E-state index contributed by atoms with van der Waals surface area (Å²) in [5.74, 6) is 0.103. The fraction of sp³-hybridized carbons (Fsp3) is 0.0435. The Balaban J connectivity index is 1.83. The molecule has 4 rings (SSSR count). The number of nitrogens with zero attached hydrogens (tertiary/aromatic N) is 2. The fourth-order valence-electron chi connectivity index (χ4n) is 3.14. The van der Waals surface area contributed by atoms with Gasteiger partial charge in [0.2, 0.25) is 0 Å². The topological polar surface area (TPSA) is 25.8 Å². The Bertz CT molecular complexity index is 896. The third-order valence-electron chi connectivity index (χ3n) is 4.30. The molecule has 0 fully saturated rings. The lowest BCUT2D eigenvalue weighted by Crippen LogP contribution is -2.05. The van der Waals surface area contributed by atoms with Gasteiger partial charge < -0.3 is 0 Å². The van der Waals surface area contributed by atoms with Gasteiger partial charge in [-0.25, -0.2) is 0 Å². The number of hydrogen-bond donors (Lipinski definition) is 0. The lowest BCUT2D eigenvalue weighted by molar-refractivity contribution is 0.919. The quantitative estimate of drug-likeness (QED) is 0.508. The molecule has 25 heavy (non-hydrogen) atoms. The van der Waals surface area contributed by atoms with E-state index in [1.165, 1.54) is 11.1 Å². The highest BCUT2D eigenvalue weighted by molar-refractivity contribution is 5.61. The molecule has 1 unspecified atom stereocenters. The van der Waals surface area contributed by atoms with E-state index in [9.17, 15) is 0 Å². The SMILES string of the molecule is c1ccc(C(c2cccc(-c3ccccn3)c2)c2ccccn2)cc1. The molecule has 0 saturated carbocycles. The standard InChI is InChI=1S/C23H18N2/c1-2-9-18(10-3-1)23(22-14-5-7-16-25-22)20-12-8-11-19(17-20)21-13-4-6-15-24-21/h1-17,23H. The van der Waals surface area contributed by atoms with Crippen LogP contribution in [-0.4, -0.2) is 9.97 Å². The molecule has 2 nitrogen and oxygen atoms in total. The maximum atomic E-state index is 4.62. The first-order chi connectivity index (χ1) is 12.4. The first kappa shape index (κ1) is 15.3. The monoisotopic (exact) mass is 322 g/mol. The largest absolute Gasteiger partial charge is 0.260 e. The van der Waals surface area contributed by atoms with Crippen LogP contribution < -0.4 is 0 Å². The van der Waals surface area contributed by atoms with E-state index in [1.807, 2.05) is 48.8 Å². The molecular weight excluding hydrogens is 304 g/mol. The summed E-state index contributed by atoms with van der Waals surface area (Å²) in [7, 11) is 0. The van der Waals surface area contributed by atoms with Crippen LogP contribution in [0.2, 0.25) is 0 Å². The van der Waals surface area contributed by atoms with Crippen LogP contribution >= 0.6 is 0 Å².